The molecule has 1 aromatic heterocycles. The topological polar surface area (TPSA) is 78.3 Å². The van der Waals surface area contributed by atoms with Gasteiger partial charge in [-0.1, -0.05) is 30.3 Å². The molecule has 8 heteroatoms. The number of ketones is 1. The third-order valence-electron chi connectivity index (χ3n) is 3.50. The highest BCUT2D eigenvalue weighted by Gasteiger charge is 2.22. The second-order valence-electron chi connectivity index (χ2n) is 5.18. The van der Waals surface area contributed by atoms with Crippen molar-refractivity contribution in [1.29, 1.82) is 0 Å². The number of halogens is 1. The van der Waals surface area contributed by atoms with E-state index < -0.39 is 10.1 Å². The predicted octanol–water partition coefficient (Wildman–Crippen LogP) is 3.07. The van der Waals surface area contributed by atoms with E-state index >= 15 is 0 Å². The number of hydrogen-bond acceptors (Lipinski definition) is 5. The molecule has 0 N–H and O–H groups in total. The number of rotatable bonds is 5. The Hall–Kier alpha value is -2.64. The minimum atomic E-state index is -4.08. The maximum Gasteiger partial charge on any atom is 0.356 e. The van der Waals surface area contributed by atoms with Gasteiger partial charge in [0.2, 0.25) is 5.28 Å². The Kier molecular flexibility index (Phi) is 4.61. The van der Waals surface area contributed by atoms with Crippen LogP contribution in [-0.4, -0.2) is 23.8 Å². The molecular formula is C17H13ClN2O4S. The summed E-state index contributed by atoms with van der Waals surface area (Å²) in [5.74, 6) is -0.0737. The van der Waals surface area contributed by atoms with Gasteiger partial charge in [0.1, 0.15) is 5.75 Å². The van der Waals surface area contributed by atoms with Crippen LogP contribution in [0.4, 0.5) is 0 Å². The first kappa shape index (κ1) is 17.2. The van der Waals surface area contributed by atoms with E-state index in [4.69, 9.17) is 15.8 Å². The lowest BCUT2D eigenvalue weighted by Crippen LogP contribution is -2.13. The van der Waals surface area contributed by atoms with Crippen molar-refractivity contribution in [2.24, 2.45) is 7.05 Å². The SMILES string of the molecule is Cn1c(S(=O)(=O)Oc2ccc(C(=O)c3ccccc3)cc2)cnc1Cl. The second-order valence-corrected chi connectivity index (χ2v) is 7.01. The molecule has 0 saturated carbocycles. The van der Waals surface area contributed by atoms with E-state index in [2.05, 4.69) is 4.98 Å². The highest BCUT2D eigenvalue weighted by Crippen LogP contribution is 2.21. The third-order valence-corrected chi connectivity index (χ3v) is 5.16. The van der Waals surface area contributed by atoms with Crippen LogP contribution in [0.3, 0.4) is 0 Å². The molecule has 6 nitrogen and oxygen atoms in total. The molecule has 25 heavy (non-hydrogen) atoms. The number of aromatic nitrogens is 2. The molecule has 128 valence electrons. The Labute approximate surface area is 149 Å². The number of imidazole rings is 1. The molecule has 2 aromatic carbocycles. The van der Waals surface area contributed by atoms with Gasteiger partial charge in [0.15, 0.2) is 10.8 Å². The summed E-state index contributed by atoms with van der Waals surface area (Å²) in [6, 6.07) is 14.7. The average molecular weight is 377 g/mol. The molecule has 3 rings (SSSR count). The third kappa shape index (κ3) is 3.57. The van der Waals surface area contributed by atoms with Gasteiger partial charge >= 0.3 is 10.1 Å². The van der Waals surface area contributed by atoms with Crippen LogP contribution in [0.2, 0.25) is 5.28 Å². The molecular weight excluding hydrogens is 364 g/mol. The van der Waals surface area contributed by atoms with E-state index in [1.54, 1.807) is 24.3 Å². The second kappa shape index (κ2) is 6.70. The minimum absolute atomic E-state index is 0.0333. The van der Waals surface area contributed by atoms with E-state index in [0.717, 1.165) is 6.20 Å². The smallest absolute Gasteiger partial charge is 0.356 e. The first-order valence-electron chi connectivity index (χ1n) is 7.20. The van der Waals surface area contributed by atoms with Crippen molar-refractivity contribution in [2.75, 3.05) is 0 Å². The van der Waals surface area contributed by atoms with Crippen LogP contribution < -0.4 is 4.18 Å². The average Bonchev–Trinajstić information content (AvgIpc) is 2.95. The molecule has 0 saturated heterocycles. The summed E-state index contributed by atoms with van der Waals surface area (Å²) in [4.78, 5) is 16.0. The van der Waals surface area contributed by atoms with Crippen molar-refractivity contribution < 1.29 is 17.4 Å². The highest BCUT2D eigenvalue weighted by atomic mass is 35.5. The Morgan fingerprint density at radius 3 is 2.20 bits per heavy atom. The number of hydrogen-bond donors (Lipinski definition) is 0. The van der Waals surface area contributed by atoms with Gasteiger partial charge in [-0.25, -0.2) is 4.98 Å². The molecule has 0 fully saturated rings. The molecule has 3 aromatic rings. The molecule has 0 spiro atoms. The van der Waals surface area contributed by atoms with Crippen LogP contribution in [0, 0.1) is 0 Å². The van der Waals surface area contributed by atoms with Gasteiger partial charge in [0.25, 0.3) is 0 Å². The van der Waals surface area contributed by atoms with Crippen molar-refractivity contribution in [3.05, 3.63) is 77.2 Å². The van der Waals surface area contributed by atoms with Gasteiger partial charge in [-0.3, -0.25) is 4.79 Å². The number of carbonyl (C=O) groups is 1. The van der Waals surface area contributed by atoms with Crippen molar-refractivity contribution in [3.8, 4) is 5.75 Å². The summed E-state index contributed by atoms with van der Waals surface area (Å²) in [7, 11) is -2.61. The zero-order valence-electron chi connectivity index (χ0n) is 13.1. The zero-order chi connectivity index (χ0) is 18.0. The summed E-state index contributed by atoms with van der Waals surface area (Å²) in [5, 5.41) is -0.132. The van der Waals surface area contributed by atoms with Gasteiger partial charge in [-0.2, -0.15) is 8.42 Å². The van der Waals surface area contributed by atoms with E-state index in [1.807, 2.05) is 6.07 Å². The predicted molar refractivity (Wildman–Crippen MR) is 92.3 cm³/mol. The first-order valence-corrected chi connectivity index (χ1v) is 8.98. The Balaban J connectivity index is 1.81. The molecule has 1 heterocycles. The summed E-state index contributed by atoms with van der Waals surface area (Å²) >= 11 is 5.75. The highest BCUT2D eigenvalue weighted by molar-refractivity contribution is 7.87. The summed E-state index contributed by atoms with van der Waals surface area (Å²) in [6.45, 7) is 0. The fraction of sp³-hybridized carbons (Fsp3) is 0.0588. The monoisotopic (exact) mass is 376 g/mol. The Morgan fingerprint density at radius 1 is 1.04 bits per heavy atom. The molecule has 0 bridgehead atoms. The molecule has 0 aliphatic rings. The number of benzene rings is 2. The van der Waals surface area contributed by atoms with Crippen molar-refractivity contribution in [3.63, 3.8) is 0 Å². The van der Waals surface area contributed by atoms with Crippen LogP contribution in [0.25, 0.3) is 0 Å². The molecule has 0 unspecified atom stereocenters. The van der Waals surface area contributed by atoms with Gasteiger partial charge in [-0.05, 0) is 35.9 Å². The fourth-order valence-corrected chi connectivity index (χ4v) is 3.44. The Bertz CT molecular complexity index is 1010. The summed E-state index contributed by atoms with van der Waals surface area (Å²) < 4.78 is 30.8. The van der Waals surface area contributed by atoms with Crippen molar-refractivity contribution in [2.45, 2.75) is 5.03 Å². The first-order chi connectivity index (χ1) is 11.9. The van der Waals surface area contributed by atoms with Crippen LogP contribution in [0.1, 0.15) is 15.9 Å². The van der Waals surface area contributed by atoms with Crippen LogP contribution in [-0.2, 0) is 17.2 Å². The fourth-order valence-electron chi connectivity index (χ4n) is 2.19. The summed E-state index contributed by atoms with van der Waals surface area (Å²) in [6.07, 6.45) is 1.12. The molecule has 0 aliphatic heterocycles. The van der Waals surface area contributed by atoms with Gasteiger partial charge in [0.05, 0.1) is 6.20 Å². The van der Waals surface area contributed by atoms with E-state index in [1.165, 1.54) is 35.9 Å². The van der Waals surface area contributed by atoms with E-state index in [9.17, 15) is 13.2 Å². The van der Waals surface area contributed by atoms with E-state index in [-0.39, 0.29) is 21.8 Å². The standard InChI is InChI=1S/C17H13ClN2O4S/c1-20-15(11-19-17(20)18)25(22,23)24-14-9-7-13(8-10-14)16(21)12-5-3-2-4-6-12/h2-11H,1H3. The minimum Gasteiger partial charge on any atom is -0.378 e. The lowest BCUT2D eigenvalue weighted by Gasteiger charge is -2.08. The van der Waals surface area contributed by atoms with Crippen LogP contribution in [0.15, 0.2) is 65.8 Å². The summed E-state index contributed by atoms with van der Waals surface area (Å²) in [5.41, 5.74) is 0.979. The van der Waals surface area contributed by atoms with Gasteiger partial charge < -0.3 is 8.75 Å². The lowest BCUT2D eigenvalue weighted by molar-refractivity contribution is 0.103. The maximum absolute atomic E-state index is 12.3. The van der Waals surface area contributed by atoms with Crippen molar-refractivity contribution in [1.82, 2.24) is 9.55 Å². The quantitative estimate of drug-likeness (QED) is 0.505. The normalized spacial score (nSPS) is 11.3. The molecule has 0 radical (unpaired) electrons. The maximum atomic E-state index is 12.3. The van der Waals surface area contributed by atoms with Crippen LogP contribution >= 0.6 is 11.6 Å². The number of nitrogens with zero attached hydrogens (tertiary/aromatic N) is 2. The number of carbonyl (C=O) groups excluding carboxylic acids is 1. The van der Waals surface area contributed by atoms with Crippen LogP contribution in [0.5, 0.6) is 5.75 Å². The van der Waals surface area contributed by atoms with Gasteiger partial charge in [0, 0.05) is 18.2 Å². The molecule has 0 aliphatic carbocycles. The van der Waals surface area contributed by atoms with E-state index in [0.29, 0.717) is 11.1 Å². The lowest BCUT2D eigenvalue weighted by atomic mass is 10.0. The van der Waals surface area contributed by atoms with Gasteiger partial charge in [-0.15, -0.1) is 0 Å². The zero-order valence-corrected chi connectivity index (χ0v) is 14.7. The molecule has 0 amide bonds. The van der Waals surface area contributed by atoms with Crippen molar-refractivity contribution >= 4 is 27.5 Å². The molecule has 0 atom stereocenters. The Morgan fingerprint density at radius 2 is 1.64 bits per heavy atom. The largest absolute Gasteiger partial charge is 0.378 e.